The van der Waals surface area contributed by atoms with Crippen molar-refractivity contribution in [3.8, 4) is 0 Å². The third-order valence-corrected chi connectivity index (χ3v) is 6.39. The van der Waals surface area contributed by atoms with E-state index in [1.165, 1.54) is 10.3 Å². The van der Waals surface area contributed by atoms with Gasteiger partial charge in [-0.15, -0.1) is 23.7 Å². The Bertz CT molecular complexity index is 641. The van der Waals surface area contributed by atoms with Crippen molar-refractivity contribution in [1.82, 2.24) is 4.90 Å². The Hall–Kier alpha value is -0.770. The summed E-state index contributed by atoms with van der Waals surface area (Å²) in [7, 11) is -4.76. The molecule has 1 aliphatic heterocycles. The van der Waals surface area contributed by atoms with E-state index >= 15 is 0 Å². The largest absolute Gasteiger partial charge is 0.341 e. The van der Waals surface area contributed by atoms with Gasteiger partial charge in [-0.05, 0) is 37.1 Å². The molecule has 0 radical (unpaired) electrons. The van der Waals surface area contributed by atoms with Crippen molar-refractivity contribution in [3.05, 3.63) is 16.3 Å². The van der Waals surface area contributed by atoms with Gasteiger partial charge in [0.2, 0.25) is 9.84 Å². The van der Waals surface area contributed by atoms with Crippen LogP contribution in [0.4, 0.5) is 8.78 Å². The molecule has 1 saturated heterocycles. The summed E-state index contributed by atoms with van der Waals surface area (Å²) in [6.07, 6.45) is 1.46. The Balaban J connectivity index is 0.00000264. The molecule has 23 heavy (non-hydrogen) atoms. The Labute approximate surface area is 144 Å². The molecule has 1 fully saturated rings. The SMILES string of the molecule is CC(N)C1CCN(C(=O)c2sccc2S(=O)(=O)C(F)F)CC1.Cl. The molecule has 1 aliphatic rings. The van der Waals surface area contributed by atoms with E-state index < -0.39 is 26.4 Å². The van der Waals surface area contributed by atoms with E-state index in [-0.39, 0.29) is 23.3 Å². The topological polar surface area (TPSA) is 80.5 Å². The zero-order chi connectivity index (χ0) is 16.5. The van der Waals surface area contributed by atoms with Crippen LogP contribution in [0.5, 0.6) is 0 Å². The van der Waals surface area contributed by atoms with Crippen LogP contribution in [-0.2, 0) is 9.84 Å². The Morgan fingerprint density at radius 1 is 1.39 bits per heavy atom. The summed E-state index contributed by atoms with van der Waals surface area (Å²) < 4.78 is 48.6. The third-order valence-electron chi connectivity index (χ3n) is 3.93. The summed E-state index contributed by atoms with van der Waals surface area (Å²) in [4.78, 5) is 13.2. The van der Waals surface area contributed by atoms with E-state index in [2.05, 4.69) is 0 Å². The molecular formula is C13H19ClF2N2O3S2. The van der Waals surface area contributed by atoms with Crippen LogP contribution in [0.3, 0.4) is 0 Å². The Morgan fingerprint density at radius 2 is 1.96 bits per heavy atom. The molecule has 1 aromatic rings. The number of carbonyl (C=O) groups is 1. The first-order valence-corrected chi connectivity index (χ1v) is 9.32. The molecule has 2 heterocycles. The van der Waals surface area contributed by atoms with Crippen LogP contribution in [-0.4, -0.2) is 44.1 Å². The van der Waals surface area contributed by atoms with Gasteiger partial charge in [0.05, 0.1) is 4.90 Å². The van der Waals surface area contributed by atoms with Crippen LogP contribution in [0.25, 0.3) is 0 Å². The third kappa shape index (κ3) is 4.20. The number of thiophene rings is 1. The minimum atomic E-state index is -4.76. The van der Waals surface area contributed by atoms with Gasteiger partial charge >= 0.3 is 5.76 Å². The minimum Gasteiger partial charge on any atom is -0.338 e. The van der Waals surface area contributed by atoms with E-state index in [0.29, 0.717) is 19.0 Å². The highest BCUT2D eigenvalue weighted by molar-refractivity contribution is 7.92. The highest BCUT2D eigenvalue weighted by atomic mass is 35.5. The molecule has 1 unspecified atom stereocenters. The fourth-order valence-corrected chi connectivity index (χ4v) is 4.67. The highest BCUT2D eigenvalue weighted by Crippen LogP contribution is 2.29. The maximum Gasteiger partial charge on any atom is 0.341 e. The van der Waals surface area contributed by atoms with Crippen LogP contribution >= 0.6 is 23.7 Å². The van der Waals surface area contributed by atoms with E-state index in [1.54, 1.807) is 0 Å². The zero-order valence-electron chi connectivity index (χ0n) is 12.4. The maximum absolute atomic E-state index is 12.7. The fraction of sp³-hybridized carbons (Fsp3) is 0.615. The lowest BCUT2D eigenvalue weighted by atomic mass is 9.91. The van der Waals surface area contributed by atoms with Crippen molar-refractivity contribution in [2.75, 3.05) is 13.1 Å². The van der Waals surface area contributed by atoms with Crippen molar-refractivity contribution in [1.29, 1.82) is 0 Å². The molecule has 2 rings (SSSR count). The number of halogens is 3. The van der Waals surface area contributed by atoms with E-state index in [1.807, 2.05) is 6.92 Å². The van der Waals surface area contributed by atoms with Gasteiger partial charge in [0, 0.05) is 19.1 Å². The number of sulfone groups is 1. The summed E-state index contributed by atoms with van der Waals surface area (Å²) in [6, 6.07) is 1.10. The number of nitrogens with zero attached hydrogens (tertiary/aromatic N) is 1. The van der Waals surface area contributed by atoms with Crippen molar-refractivity contribution in [2.45, 2.75) is 36.5 Å². The van der Waals surface area contributed by atoms with Crippen LogP contribution in [0.1, 0.15) is 29.4 Å². The van der Waals surface area contributed by atoms with Gasteiger partial charge in [-0.25, -0.2) is 8.42 Å². The quantitative estimate of drug-likeness (QED) is 0.858. The van der Waals surface area contributed by atoms with Crippen LogP contribution in [0, 0.1) is 5.92 Å². The maximum atomic E-state index is 12.7. The summed E-state index contributed by atoms with van der Waals surface area (Å²) >= 11 is 0.874. The number of hydrogen-bond acceptors (Lipinski definition) is 5. The predicted molar refractivity (Wildman–Crippen MR) is 87.0 cm³/mol. The Kier molecular flexibility index (Phi) is 6.94. The van der Waals surface area contributed by atoms with Crippen molar-refractivity contribution < 1.29 is 22.0 Å². The number of nitrogens with two attached hydrogens (primary N) is 1. The fourth-order valence-electron chi connectivity index (χ4n) is 2.55. The molecule has 1 atom stereocenters. The van der Waals surface area contributed by atoms with E-state index in [0.717, 1.165) is 30.2 Å². The summed E-state index contributed by atoms with van der Waals surface area (Å²) in [5.41, 5.74) is 5.83. The smallest absolute Gasteiger partial charge is 0.338 e. The Morgan fingerprint density at radius 3 is 2.43 bits per heavy atom. The summed E-state index contributed by atoms with van der Waals surface area (Å²) in [5.74, 6) is -3.72. The first-order chi connectivity index (χ1) is 10.2. The number of alkyl halides is 2. The second kappa shape index (κ2) is 7.87. The number of amides is 1. The van der Waals surface area contributed by atoms with Gasteiger partial charge in [-0.2, -0.15) is 8.78 Å². The van der Waals surface area contributed by atoms with E-state index in [4.69, 9.17) is 5.73 Å². The molecule has 5 nitrogen and oxygen atoms in total. The summed E-state index contributed by atoms with van der Waals surface area (Å²) in [6.45, 7) is 2.82. The molecule has 0 bridgehead atoms. The standard InChI is InChI=1S/C13H18F2N2O3S2.ClH/c1-8(16)9-2-5-17(6-3-9)12(18)11-10(4-7-21-11)22(19,20)13(14)15;/h4,7-9,13H,2-3,5-6,16H2,1H3;1H. The molecule has 0 saturated carbocycles. The minimum absolute atomic E-state index is 0. The van der Waals surface area contributed by atoms with E-state index in [9.17, 15) is 22.0 Å². The summed E-state index contributed by atoms with van der Waals surface area (Å²) in [5, 5.41) is 1.34. The van der Waals surface area contributed by atoms with Gasteiger partial charge in [0.25, 0.3) is 5.91 Å². The normalized spacial score (nSPS) is 17.9. The lowest BCUT2D eigenvalue weighted by Crippen LogP contribution is -2.42. The van der Waals surface area contributed by atoms with Crippen LogP contribution < -0.4 is 5.73 Å². The van der Waals surface area contributed by atoms with Gasteiger partial charge in [0.15, 0.2) is 0 Å². The first kappa shape index (κ1) is 20.3. The van der Waals surface area contributed by atoms with Crippen LogP contribution in [0.2, 0.25) is 0 Å². The average Bonchev–Trinajstić information content (AvgIpc) is 2.96. The second-order valence-corrected chi connectivity index (χ2v) is 8.21. The first-order valence-electron chi connectivity index (χ1n) is 6.89. The lowest BCUT2D eigenvalue weighted by Gasteiger charge is -2.33. The molecular weight excluding hydrogens is 370 g/mol. The molecule has 1 amide bonds. The molecule has 10 heteroatoms. The predicted octanol–water partition coefficient (Wildman–Crippen LogP) is 2.37. The number of likely N-dealkylation sites (tertiary alicyclic amines) is 1. The number of carbonyl (C=O) groups excluding carboxylic acids is 1. The monoisotopic (exact) mass is 388 g/mol. The van der Waals surface area contributed by atoms with Crippen LogP contribution in [0.15, 0.2) is 16.3 Å². The number of piperidine rings is 1. The van der Waals surface area contributed by atoms with Gasteiger partial charge in [-0.3, -0.25) is 4.79 Å². The van der Waals surface area contributed by atoms with Crippen molar-refractivity contribution in [2.24, 2.45) is 11.7 Å². The molecule has 0 spiro atoms. The number of hydrogen-bond donors (Lipinski definition) is 1. The average molecular weight is 389 g/mol. The molecule has 132 valence electrons. The molecule has 1 aromatic heterocycles. The molecule has 2 N–H and O–H groups in total. The van der Waals surface area contributed by atoms with Gasteiger partial charge < -0.3 is 10.6 Å². The second-order valence-electron chi connectivity index (χ2n) is 5.41. The van der Waals surface area contributed by atoms with Gasteiger partial charge in [0.1, 0.15) is 4.88 Å². The van der Waals surface area contributed by atoms with Crippen molar-refractivity contribution in [3.63, 3.8) is 0 Å². The zero-order valence-corrected chi connectivity index (χ0v) is 14.9. The lowest BCUT2D eigenvalue weighted by molar-refractivity contribution is 0.0682. The van der Waals surface area contributed by atoms with Gasteiger partial charge in [-0.1, -0.05) is 0 Å². The molecule has 0 aliphatic carbocycles. The molecule has 0 aromatic carbocycles. The van der Waals surface area contributed by atoms with Crippen molar-refractivity contribution >= 4 is 39.5 Å². The number of rotatable bonds is 4. The highest BCUT2D eigenvalue weighted by Gasteiger charge is 2.34.